The number of carbonyl (C=O) groups excluding carboxylic acids is 1. The van der Waals surface area contributed by atoms with Crippen molar-refractivity contribution in [3.05, 3.63) is 0 Å². The van der Waals surface area contributed by atoms with E-state index >= 15 is 0 Å². The zero-order valence-electron chi connectivity index (χ0n) is 8.01. The highest BCUT2D eigenvalue weighted by molar-refractivity contribution is 5.69. The topological polar surface area (TPSA) is 52.3 Å². The molecule has 1 atom stereocenters. The Hall–Kier alpha value is -0.570. The number of esters is 1. The van der Waals surface area contributed by atoms with Crippen molar-refractivity contribution in [1.82, 2.24) is 0 Å². The zero-order chi connectivity index (χ0) is 9.40. The Balaban J connectivity index is 3.20. The summed E-state index contributed by atoms with van der Waals surface area (Å²) in [4.78, 5) is 10.9. The average molecular weight is 173 g/mol. The summed E-state index contributed by atoms with van der Waals surface area (Å²) in [6, 6.07) is 0.184. The molecule has 0 saturated heterocycles. The SMILES string of the molecule is CCCOC(=O)CCCC(C)N. The summed E-state index contributed by atoms with van der Waals surface area (Å²) in [5, 5.41) is 0. The second-order valence-corrected chi connectivity index (χ2v) is 3.09. The summed E-state index contributed by atoms with van der Waals surface area (Å²) in [7, 11) is 0. The average Bonchev–Trinajstić information content (AvgIpc) is 2.00. The Morgan fingerprint density at radius 2 is 2.25 bits per heavy atom. The van der Waals surface area contributed by atoms with Gasteiger partial charge < -0.3 is 10.5 Å². The summed E-state index contributed by atoms with van der Waals surface area (Å²) in [5.74, 6) is -0.0995. The van der Waals surface area contributed by atoms with Crippen LogP contribution in [0.4, 0.5) is 0 Å². The van der Waals surface area contributed by atoms with Gasteiger partial charge in [-0.3, -0.25) is 4.79 Å². The van der Waals surface area contributed by atoms with Gasteiger partial charge in [-0.1, -0.05) is 6.92 Å². The lowest BCUT2D eigenvalue weighted by Gasteiger charge is -2.04. The molecule has 0 spiro atoms. The first kappa shape index (κ1) is 11.4. The second-order valence-electron chi connectivity index (χ2n) is 3.09. The molecule has 0 aliphatic carbocycles. The van der Waals surface area contributed by atoms with Gasteiger partial charge in [-0.2, -0.15) is 0 Å². The van der Waals surface area contributed by atoms with Crippen molar-refractivity contribution in [3.8, 4) is 0 Å². The summed E-state index contributed by atoms with van der Waals surface area (Å²) in [6.45, 7) is 4.46. The Labute approximate surface area is 74.3 Å². The summed E-state index contributed by atoms with van der Waals surface area (Å²) in [6.07, 6.45) is 3.11. The Morgan fingerprint density at radius 3 is 2.75 bits per heavy atom. The minimum absolute atomic E-state index is 0.0995. The highest BCUT2D eigenvalue weighted by Gasteiger charge is 2.02. The molecule has 12 heavy (non-hydrogen) atoms. The number of rotatable bonds is 6. The van der Waals surface area contributed by atoms with E-state index in [0.29, 0.717) is 13.0 Å². The van der Waals surface area contributed by atoms with E-state index in [9.17, 15) is 4.79 Å². The van der Waals surface area contributed by atoms with Crippen LogP contribution in [0.5, 0.6) is 0 Å². The summed E-state index contributed by atoms with van der Waals surface area (Å²) >= 11 is 0. The fourth-order valence-corrected chi connectivity index (χ4v) is 0.856. The van der Waals surface area contributed by atoms with Gasteiger partial charge in [0.1, 0.15) is 0 Å². The smallest absolute Gasteiger partial charge is 0.305 e. The van der Waals surface area contributed by atoms with E-state index < -0.39 is 0 Å². The van der Waals surface area contributed by atoms with Crippen LogP contribution in [0.3, 0.4) is 0 Å². The number of carbonyl (C=O) groups is 1. The van der Waals surface area contributed by atoms with Crippen LogP contribution in [0.15, 0.2) is 0 Å². The molecule has 0 bridgehead atoms. The first-order valence-electron chi connectivity index (χ1n) is 4.58. The normalized spacial score (nSPS) is 12.6. The molecular weight excluding hydrogens is 154 g/mol. The molecule has 0 aliphatic heterocycles. The minimum Gasteiger partial charge on any atom is -0.466 e. The number of hydrogen-bond donors (Lipinski definition) is 1. The Kier molecular flexibility index (Phi) is 6.76. The van der Waals surface area contributed by atoms with Crippen molar-refractivity contribution in [2.45, 2.75) is 45.6 Å². The summed E-state index contributed by atoms with van der Waals surface area (Å²) < 4.78 is 4.89. The van der Waals surface area contributed by atoms with Gasteiger partial charge in [-0.15, -0.1) is 0 Å². The van der Waals surface area contributed by atoms with Gasteiger partial charge in [0, 0.05) is 12.5 Å². The van der Waals surface area contributed by atoms with Crippen LogP contribution >= 0.6 is 0 Å². The molecule has 72 valence electrons. The molecule has 0 rings (SSSR count). The minimum atomic E-state index is -0.0995. The number of hydrogen-bond acceptors (Lipinski definition) is 3. The molecule has 0 fully saturated rings. The lowest BCUT2D eigenvalue weighted by Crippen LogP contribution is -2.15. The predicted octanol–water partition coefficient (Wildman–Crippen LogP) is 1.46. The maximum absolute atomic E-state index is 10.9. The van der Waals surface area contributed by atoms with Crippen LogP contribution in [-0.2, 0) is 9.53 Å². The van der Waals surface area contributed by atoms with Crippen molar-refractivity contribution >= 4 is 5.97 Å². The summed E-state index contributed by atoms with van der Waals surface area (Å²) in [5.41, 5.74) is 5.53. The van der Waals surface area contributed by atoms with E-state index in [1.807, 2.05) is 13.8 Å². The highest BCUT2D eigenvalue weighted by atomic mass is 16.5. The van der Waals surface area contributed by atoms with Crippen LogP contribution in [-0.4, -0.2) is 18.6 Å². The van der Waals surface area contributed by atoms with E-state index in [2.05, 4.69) is 0 Å². The fourth-order valence-electron chi connectivity index (χ4n) is 0.856. The molecule has 0 radical (unpaired) electrons. The predicted molar refractivity (Wildman–Crippen MR) is 48.8 cm³/mol. The number of ether oxygens (including phenoxy) is 1. The monoisotopic (exact) mass is 173 g/mol. The third kappa shape index (κ3) is 7.54. The third-order valence-corrected chi connectivity index (χ3v) is 1.51. The van der Waals surface area contributed by atoms with Crippen LogP contribution < -0.4 is 5.73 Å². The molecule has 3 nitrogen and oxygen atoms in total. The Morgan fingerprint density at radius 1 is 1.58 bits per heavy atom. The van der Waals surface area contributed by atoms with Gasteiger partial charge in [0.15, 0.2) is 0 Å². The zero-order valence-corrected chi connectivity index (χ0v) is 8.01. The molecule has 2 N–H and O–H groups in total. The largest absolute Gasteiger partial charge is 0.466 e. The van der Waals surface area contributed by atoms with E-state index in [4.69, 9.17) is 10.5 Å². The quantitative estimate of drug-likeness (QED) is 0.619. The molecule has 0 heterocycles. The molecule has 0 aliphatic rings. The van der Waals surface area contributed by atoms with Gasteiger partial charge >= 0.3 is 5.97 Å². The van der Waals surface area contributed by atoms with E-state index in [1.54, 1.807) is 0 Å². The van der Waals surface area contributed by atoms with Gasteiger partial charge in [0.05, 0.1) is 6.61 Å². The molecule has 0 aromatic heterocycles. The fraction of sp³-hybridized carbons (Fsp3) is 0.889. The first-order valence-corrected chi connectivity index (χ1v) is 4.58. The highest BCUT2D eigenvalue weighted by Crippen LogP contribution is 2.00. The maximum Gasteiger partial charge on any atom is 0.305 e. The van der Waals surface area contributed by atoms with Crippen LogP contribution in [0, 0.1) is 0 Å². The van der Waals surface area contributed by atoms with Crippen molar-refractivity contribution in [2.24, 2.45) is 5.73 Å². The second kappa shape index (κ2) is 7.10. The third-order valence-electron chi connectivity index (χ3n) is 1.51. The van der Waals surface area contributed by atoms with Crippen molar-refractivity contribution in [2.75, 3.05) is 6.61 Å². The van der Waals surface area contributed by atoms with Crippen LogP contribution in [0.25, 0.3) is 0 Å². The molecule has 0 saturated carbocycles. The van der Waals surface area contributed by atoms with E-state index in [1.165, 1.54) is 0 Å². The van der Waals surface area contributed by atoms with Gasteiger partial charge in [0.2, 0.25) is 0 Å². The van der Waals surface area contributed by atoms with Crippen LogP contribution in [0.2, 0.25) is 0 Å². The molecule has 0 aromatic carbocycles. The standard InChI is InChI=1S/C9H19NO2/c1-3-7-12-9(11)6-4-5-8(2)10/h8H,3-7,10H2,1-2H3. The lowest BCUT2D eigenvalue weighted by atomic mass is 10.1. The Bertz CT molecular complexity index is 124. The van der Waals surface area contributed by atoms with E-state index in [0.717, 1.165) is 19.3 Å². The number of nitrogens with two attached hydrogens (primary N) is 1. The van der Waals surface area contributed by atoms with Gasteiger partial charge in [-0.05, 0) is 26.2 Å². The molecule has 0 amide bonds. The van der Waals surface area contributed by atoms with Crippen molar-refractivity contribution in [3.63, 3.8) is 0 Å². The van der Waals surface area contributed by atoms with Crippen molar-refractivity contribution < 1.29 is 9.53 Å². The maximum atomic E-state index is 10.9. The molecule has 1 unspecified atom stereocenters. The first-order chi connectivity index (χ1) is 5.66. The lowest BCUT2D eigenvalue weighted by molar-refractivity contribution is -0.143. The van der Waals surface area contributed by atoms with E-state index in [-0.39, 0.29) is 12.0 Å². The molecular formula is C9H19NO2. The van der Waals surface area contributed by atoms with Gasteiger partial charge in [0.25, 0.3) is 0 Å². The van der Waals surface area contributed by atoms with Crippen molar-refractivity contribution in [1.29, 1.82) is 0 Å². The van der Waals surface area contributed by atoms with Gasteiger partial charge in [-0.25, -0.2) is 0 Å². The van der Waals surface area contributed by atoms with Crippen LogP contribution in [0.1, 0.15) is 39.5 Å². The molecule has 0 aromatic rings. The molecule has 3 heteroatoms.